The van der Waals surface area contributed by atoms with Crippen molar-refractivity contribution in [2.24, 2.45) is 11.6 Å². The molecule has 0 saturated heterocycles. The second kappa shape index (κ2) is 3.55. The van der Waals surface area contributed by atoms with Gasteiger partial charge in [-0.2, -0.15) is 5.90 Å². The van der Waals surface area contributed by atoms with Gasteiger partial charge in [0.05, 0.1) is 0 Å². The summed E-state index contributed by atoms with van der Waals surface area (Å²) in [4.78, 5) is 15.3. The molecule has 0 fully saturated rings. The summed E-state index contributed by atoms with van der Waals surface area (Å²) in [6.07, 6.45) is 0. The van der Waals surface area contributed by atoms with Crippen LogP contribution in [0.1, 0.15) is 12.5 Å². The van der Waals surface area contributed by atoms with E-state index in [9.17, 15) is 4.79 Å². The molecule has 1 aromatic rings. The van der Waals surface area contributed by atoms with Gasteiger partial charge in [0.1, 0.15) is 5.54 Å². The van der Waals surface area contributed by atoms with Gasteiger partial charge < -0.3 is 10.6 Å². The van der Waals surface area contributed by atoms with Crippen molar-refractivity contribution < 1.29 is 9.63 Å². The highest BCUT2D eigenvalue weighted by molar-refractivity contribution is 5.81. The minimum absolute atomic E-state index is 0.654. The fourth-order valence-electron chi connectivity index (χ4n) is 1.02. The van der Waals surface area contributed by atoms with Gasteiger partial charge in [-0.1, -0.05) is 30.3 Å². The third kappa shape index (κ3) is 1.85. The summed E-state index contributed by atoms with van der Waals surface area (Å²) in [7, 11) is 0. The van der Waals surface area contributed by atoms with E-state index >= 15 is 0 Å². The van der Waals surface area contributed by atoms with Crippen molar-refractivity contribution in [2.45, 2.75) is 12.5 Å². The highest BCUT2D eigenvalue weighted by atomic mass is 16.7. The number of nitrogens with two attached hydrogens (primary N) is 2. The Labute approximate surface area is 76.4 Å². The molecule has 0 heterocycles. The molecule has 1 unspecified atom stereocenters. The van der Waals surface area contributed by atoms with E-state index in [-0.39, 0.29) is 0 Å². The Morgan fingerprint density at radius 2 is 1.92 bits per heavy atom. The van der Waals surface area contributed by atoms with Crippen LogP contribution in [-0.4, -0.2) is 5.97 Å². The number of hydrogen-bond donors (Lipinski definition) is 2. The third-order valence-electron chi connectivity index (χ3n) is 1.90. The molecule has 0 spiro atoms. The summed E-state index contributed by atoms with van der Waals surface area (Å²) >= 11 is 0. The predicted octanol–water partition coefficient (Wildman–Crippen LogP) is 0.277. The van der Waals surface area contributed by atoms with Crippen LogP contribution >= 0.6 is 0 Å². The van der Waals surface area contributed by atoms with Crippen molar-refractivity contribution in [3.63, 3.8) is 0 Å². The van der Waals surface area contributed by atoms with E-state index in [2.05, 4.69) is 4.84 Å². The fourth-order valence-corrected chi connectivity index (χ4v) is 1.02. The van der Waals surface area contributed by atoms with Gasteiger partial charge in [-0.3, -0.25) is 0 Å². The maximum atomic E-state index is 11.2. The van der Waals surface area contributed by atoms with Crippen LogP contribution in [0.4, 0.5) is 0 Å². The third-order valence-corrected chi connectivity index (χ3v) is 1.90. The summed E-state index contributed by atoms with van der Waals surface area (Å²) in [5.41, 5.74) is 5.22. The summed E-state index contributed by atoms with van der Waals surface area (Å²) in [6, 6.07) is 8.93. The number of benzene rings is 1. The van der Waals surface area contributed by atoms with Gasteiger partial charge in [-0.05, 0) is 12.5 Å². The van der Waals surface area contributed by atoms with Crippen LogP contribution in [0.2, 0.25) is 0 Å². The Morgan fingerprint density at radius 3 is 2.38 bits per heavy atom. The zero-order valence-electron chi connectivity index (χ0n) is 7.36. The highest BCUT2D eigenvalue weighted by Crippen LogP contribution is 2.17. The molecule has 0 bridgehead atoms. The first-order chi connectivity index (χ1) is 6.09. The summed E-state index contributed by atoms with van der Waals surface area (Å²) in [6.45, 7) is 1.55. The molecular weight excluding hydrogens is 168 g/mol. The number of rotatable bonds is 2. The molecule has 0 aliphatic rings. The minimum atomic E-state index is -1.18. The molecule has 0 amide bonds. The smallest absolute Gasteiger partial charge is 0.348 e. The van der Waals surface area contributed by atoms with Crippen molar-refractivity contribution in [1.29, 1.82) is 0 Å². The maximum Gasteiger partial charge on any atom is 0.348 e. The van der Waals surface area contributed by atoms with Crippen LogP contribution in [0.5, 0.6) is 0 Å². The second-order valence-corrected chi connectivity index (χ2v) is 2.97. The lowest BCUT2D eigenvalue weighted by Crippen LogP contribution is -2.44. The summed E-state index contributed by atoms with van der Waals surface area (Å²) < 4.78 is 0. The summed E-state index contributed by atoms with van der Waals surface area (Å²) in [5, 5.41) is 0. The topological polar surface area (TPSA) is 78.3 Å². The van der Waals surface area contributed by atoms with E-state index in [4.69, 9.17) is 11.6 Å². The van der Waals surface area contributed by atoms with Crippen molar-refractivity contribution in [3.05, 3.63) is 35.9 Å². The zero-order chi connectivity index (χ0) is 9.90. The number of carbonyl (C=O) groups excluding carboxylic acids is 1. The van der Waals surface area contributed by atoms with E-state index in [0.717, 1.165) is 0 Å². The van der Waals surface area contributed by atoms with Crippen molar-refractivity contribution in [2.75, 3.05) is 0 Å². The molecule has 4 heteroatoms. The molecule has 1 atom stereocenters. The number of carbonyl (C=O) groups is 1. The van der Waals surface area contributed by atoms with Gasteiger partial charge in [-0.15, -0.1) is 0 Å². The van der Waals surface area contributed by atoms with Gasteiger partial charge >= 0.3 is 5.97 Å². The molecule has 1 rings (SSSR count). The molecule has 0 radical (unpaired) electrons. The van der Waals surface area contributed by atoms with E-state index in [1.165, 1.54) is 0 Å². The standard InChI is InChI=1S/C9H12N2O2/c1-9(10,8(12)13-11)7-5-3-2-4-6-7/h2-6H,10-11H2,1H3. The Balaban J connectivity index is 3.00. The molecule has 0 saturated carbocycles. The molecular formula is C9H12N2O2. The lowest BCUT2D eigenvalue weighted by Gasteiger charge is -2.20. The molecule has 70 valence electrons. The Kier molecular flexibility index (Phi) is 2.65. The molecule has 0 aliphatic heterocycles. The van der Waals surface area contributed by atoms with Gasteiger partial charge in [0, 0.05) is 0 Å². The van der Waals surface area contributed by atoms with Gasteiger partial charge in [0.25, 0.3) is 0 Å². The first kappa shape index (κ1) is 9.70. The number of hydrogen-bond acceptors (Lipinski definition) is 4. The van der Waals surface area contributed by atoms with Crippen molar-refractivity contribution in [1.82, 2.24) is 0 Å². The molecule has 4 N–H and O–H groups in total. The molecule has 0 aromatic heterocycles. The van der Waals surface area contributed by atoms with E-state index in [1.54, 1.807) is 31.2 Å². The van der Waals surface area contributed by atoms with E-state index < -0.39 is 11.5 Å². The van der Waals surface area contributed by atoms with Crippen molar-refractivity contribution >= 4 is 5.97 Å². The maximum absolute atomic E-state index is 11.2. The lowest BCUT2D eigenvalue weighted by atomic mass is 9.94. The second-order valence-electron chi connectivity index (χ2n) is 2.97. The Morgan fingerprint density at radius 1 is 1.38 bits per heavy atom. The predicted molar refractivity (Wildman–Crippen MR) is 48.3 cm³/mol. The first-order valence-electron chi connectivity index (χ1n) is 3.84. The van der Waals surface area contributed by atoms with E-state index in [0.29, 0.717) is 5.56 Å². The summed E-state index contributed by atoms with van der Waals surface area (Å²) in [5.74, 6) is 4.11. The molecule has 13 heavy (non-hydrogen) atoms. The van der Waals surface area contributed by atoms with Crippen molar-refractivity contribution in [3.8, 4) is 0 Å². The van der Waals surface area contributed by atoms with Crippen LogP contribution in [0.15, 0.2) is 30.3 Å². The van der Waals surface area contributed by atoms with Crippen LogP contribution in [0, 0.1) is 0 Å². The van der Waals surface area contributed by atoms with Gasteiger partial charge in [0.15, 0.2) is 0 Å². The Bertz CT molecular complexity index is 296. The van der Waals surface area contributed by atoms with Gasteiger partial charge in [-0.25, -0.2) is 4.79 Å². The molecule has 0 aliphatic carbocycles. The quantitative estimate of drug-likeness (QED) is 0.640. The SMILES string of the molecule is CC(N)(C(=O)ON)c1ccccc1. The average molecular weight is 180 g/mol. The first-order valence-corrected chi connectivity index (χ1v) is 3.84. The fraction of sp³-hybridized carbons (Fsp3) is 0.222. The average Bonchev–Trinajstić information content (AvgIpc) is 2.18. The lowest BCUT2D eigenvalue weighted by molar-refractivity contribution is -0.150. The zero-order valence-corrected chi connectivity index (χ0v) is 7.36. The Hall–Kier alpha value is -1.39. The van der Waals surface area contributed by atoms with Crippen LogP contribution in [0.3, 0.4) is 0 Å². The van der Waals surface area contributed by atoms with Crippen LogP contribution in [0.25, 0.3) is 0 Å². The highest BCUT2D eigenvalue weighted by Gasteiger charge is 2.31. The molecule has 4 nitrogen and oxygen atoms in total. The molecule has 1 aromatic carbocycles. The minimum Gasteiger partial charge on any atom is -0.372 e. The normalized spacial score (nSPS) is 14.7. The largest absolute Gasteiger partial charge is 0.372 e. The van der Waals surface area contributed by atoms with Crippen LogP contribution in [-0.2, 0) is 15.2 Å². The van der Waals surface area contributed by atoms with E-state index in [1.807, 2.05) is 6.07 Å². The van der Waals surface area contributed by atoms with Gasteiger partial charge in [0.2, 0.25) is 0 Å². The monoisotopic (exact) mass is 180 g/mol. The van der Waals surface area contributed by atoms with Crippen LogP contribution < -0.4 is 11.6 Å².